The first-order chi connectivity index (χ1) is 8.52. The second-order valence-electron chi connectivity index (χ2n) is 5.31. The summed E-state index contributed by atoms with van der Waals surface area (Å²) in [7, 11) is 0. The maximum Gasteiger partial charge on any atom is 0.142 e. The monoisotopic (exact) mass is 270 g/mol. The van der Waals surface area contributed by atoms with Crippen molar-refractivity contribution in [2.75, 3.05) is 13.1 Å². The zero-order valence-electron chi connectivity index (χ0n) is 10.9. The van der Waals surface area contributed by atoms with E-state index < -0.39 is 0 Å². The molecule has 0 amide bonds. The van der Waals surface area contributed by atoms with Gasteiger partial charge in [-0.1, -0.05) is 24.6 Å². The minimum absolute atomic E-state index is 0.0803. The summed E-state index contributed by atoms with van der Waals surface area (Å²) in [5.74, 6) is 0.304. The minimum Gasteiger partial charge on any atom is -0.329 e. The Balaban J connectivity index is 2.25. The zero-order valence-corrected chi connectivity index (χ0v) is 11.6. The number of nitrogens with zero attached hydrogens (tertiary/aromatic N) is 1. The standard InChI is InChI=1S/C14H20ClFN2/c1-9-5-10(2)18(8-9)14(7-17)11-3-4-12(15)13(16)6-11/h3-4,6,9-10,14H,5,7-8,17H2,1-2H3. The van der Waals surface area contributed by atoms with Crippen molar-refractivity contribution in [2.24, 2.45) is 11.7 Å². The molecule has 0 saturated carbocycles. The summed E-state index contributed by atoms with van der Waals surface area (Å²) in [4.78, 5) is 2.37. The highest BCUT2D eigenvalue weighted by Gasteiger charge is 2.32. The molecule has 0 aliphatic carbocycles. The van der Waals surface area contributed by atoms with Gasteiger partial charge in [-0.3, -0.25) is 4.90 Å². The van der Waals surface area contributed by atoms with Crippen LogP contribution >= 0.6 is 11.6 Å². The van der Waals surface area contributed by atoms with Crippen LogP contribution in [-0.4, -0.2) is 24.0 Å². The molecule has 1 aromatic carbocycles. The van der Waals surface area contributed by atoms with E-state index in [2.05, 4.69) is 18.7 Å². The van der Waals surface area contributed by atoms with E-state index in [9.17, 15) is 4.39 Å². The van der Waals surface area contributed by atoms with E-state index in [0.29, 0.717) is 18.5 Å². The summed E-state index contributed by atoms with van der Waals surface area (Å²) in [5.41, 5.74) is 6.80. The molecular formula is C14H20ClFN2. The molecule has 1 fully saturated rings. The Morgan fingerprint density at radius 2 is 2.22 bits per heavy atom. The van der Waals surface area contributed by atoms with Crippen molar-refractivity contribution in [3.63, 3.8) is 0 Å². The average molecular weight is 271 g/mol. The lowest BCUT2D eigenvalue weighted by molar-refractivity contribution is 0.192. The van der Waals surface area contributed by atoms with Crippen molar-refractivity contribution in [2.45, 2.75) is 32.4 Å². The van der Waals surface area contributed by atoms with Crippen LogP contribution in [0.2, 0.25) is 5.02 Å². The topological polar surface area (TPSA) is 29.3 Å². The molecule has 1 aromatic rings. The quantitative estimate of drug-likeness (QED) is 0.914. The molecular weight excluding hydrogens is 251 g/mol. The van der Waals surface area contributed by atoms with Crippen LogP contribution in [0.25, 0.3) is 0 Å². The van der Waals surface area contributed by atoms with Crippen molar-refractivity contribution >= 4 is 11.6 Å². The number of hydrogen-bond acceptors (Lipinski definition) is 2. The number of hydrogen-bond donors (Lipinski definition) is 1. The first kappa shape index (κ1) is 13.8. The lowest BCUT2D eigenvalue weighted by atomic mass is 10.0. The molecule has 2 rings (SSSR count). The lowest BCUT2D eigenvalue weighted by Crippen LogP contribution is -2.36. The number of benzene rings is 1. The molecule has 2 N–H and O–H groups in total. The molecule has 100 valence electrons. The normalized spacial score (nSPS) is 26.5. The molecule has 18 heavy (non-hydrogen) atoms. The number of halogens is 2. The number of rotatable bonds is 3. The molecule has 0 radical (unpaired) electrons. The molecule has 3 atom stereocenters. The van der Waals surface area contributed by atoms with Gasteiger partial charge in [0.15, 0.2) is 0 Å². The third kappa shape index (κ3) is 2.68. The smallest absolute Gasteiger partial charge is 0.142 e. The Hall–Kier alpha value is -0.640. The summed E-state index contributed by atoms with van der Waals surface area (Å²) in [6.07, 6.45) is 1.17. The largest absolute Gasteiger partial charge is 0.329 e. The van der Waals surface area contributed by atoms with Gasteiger partial charge in [-0.25, -0.2) is 4.39 Å². The molecule has 4 heteroatoms. The van der Waals surface area contributed by atoms with E-state index >= 15 is 0 Å². The molecule has 1 saturated heterocycles. The highest BCUT2D eigenvalue weighted by molar-refractivity contribution is 6.30. The van der Waals surface area contributed by atoms with Gasteiger partial charge < -0.3 is 5.73 Å². The van der Waals surface area contributed by atoms with Gasteiger partial charge in [-0.05, 0) is 37.0 Å². The number of likely N-dealkylation sites (tertiary alicyclic amines) is 1. The summed E-state index contributed by atoms with van der Waals surface area (Å²) in [6.45, 7) is 5.97. The predicted octanol–water partition coefficient (Wildman–Crippen LogP) is 3.21. The van der Waals surface area contributed by atoms with Gasteiger partial charge in [0.05, 0.1) is 5.02 Å². The van der Waals surface area contributed by atoms with Crippen LogP contribution < -0.4 is 5.73 Å². The maximum atomic E-state index is 13.5. The second-order valence-corrected chi connectivity index (χ2v) is 5.72. The Morgan fingerprint density at radius 1 is 1.50 bits per heavy atom. The van der Waals surface area contributed by atoms with Gasteiger partial charge in [-0.15, -0.1) is 0 Å². The maximum absolute atomic E-state index is 13.5. The van der Waals surface area contributed by atoms with Crippen LogP contribution in [0.4, 0.5) is 4.39 Å². The molecule has 0 aromatic heterocycles. The van der Waals surface area contributed by atoms with Gasteiger partial charge in [-0.2, -0.15) is 0 Å². The summed E-state index contributed by atoms with van der Waals surface area (Å²) in [6, 6.07) is 5.57. The van der Waals surface area contributed by atoms with Crippen molar-refractivity contribution in [3.8, 4) is 0 Å². The Labute approximate surface area is 113 Å². The zero-order chi connectivity index (χ0) is 13.3. The van der Waals surface area contributed by atoms with E-state index in [4.69, 9.17) is 17.3 Å². The van der Waals surface area contributed by atoms with Gasteiger partial charge >= 0.3 is 0 Å². The van der Waals surface area contributed by atoms with Crippen molar-refractivity contribution < 1.29 is 4.39 Å². The van der Waals surface area contributed by atoms with Crippen LogP contribution in [0.15, 0.2) is 18.2 Å². The van der Waals surface area contributed by atoms with Gasteiger partial charge in [0.25, 0.3) is 0 Å². The fourth-order valence-corrected chi connectivity index (χ4v) is 3.07. The summed E-state index contributed by atoms with van der Waals surface area (Å²) >= 11 is 5.72. The fraction of sp³-hybridized carbons (Fsp3) is 0.571. The third-order valence-electron chi connectivity index (χ3n) is 3.78. The highest BCUT2D eigenvalue weighted by Crippen LogP contribution is 2.32. The van der Waals surface area contributed by atoms with E-state index in [1.807, 2.05) is 6.07 Å². The van der Waals surface area contributed by atoms with E-state index in [1.54, 1.807) is 6.07 Å². The average Bonchev–Trinajstić information content (AvgIpc) is 2.64. The molecule has 0 bridgehead atoms. The van der Waals surface area contributed by atoms with Gasteiger partial charge in [0.2, 0.25) is 0 Å². The Bertz CT molecular complexity index is 424. The van der Waals surface area contributed by atoms with E-state index in [0.717, 1.165) is 12.1 Å². The van der Waals surface area contributed by atoms with E-state index in [-0.39, 0.29) is 16.9 Å². The van der Waals surface area contributed by atoms with Gasteiger partial charge in [0, 0.05) is 25.2 Å². The highest BCUT2D eigenvalue weighted by atomic mass is 35.5. The van der Waals surface area contributed by atoms with E-state index in [1.165, 1.54) is 12.5 Å². The SMILES string of the molecule is CC1CC(C)N(C(CN)c2ccc(Cl)c(F)c2)C1. The first-order valence-corrected chi connectivity index (χ1v) is 6.81. The molecule has 3 unspecified atom stereocenters. The molecule has 0 spiro atoms. The van der Waals surface area contributed by atoms with Crippen LogP contribution in [0.3, 0.4) is 0 Å². The second kappa shape index (κ2) is 5.55. The molecule has 1 aliphatic heterocycles. The van der Waals surface area contributed by atoms with Crippen LogP contribution in [0.1, 0.15) is 31.9 Å². The van der Waals surface area contributed by atoms with Crippen molar-refractivity contribution in [3.05, 3.63) is 34.6 Å². The fourth-order valence-electron chi connectivity index (χ4n) is 2.95. The predicted molar refractivity (Wildman–Crippen MR) is 73.2 cm³/mol. The summed E-state index contributed by atoms with van der Waals surface area (Å²) < 4.78 is 13.5. The van der Waals surface area contributed by atoms with Crippen LogP contribution in [0.5, 0.6) is 0 Å². The van der Waals surface area contributed by atoms with Crippen LogP contribution in [-0.2, 0) is 0 Å². The minimum atomic E-state index is -0.368. The summed E-state index contributed by atoms with van der Waals surface area (Å²) in [5, 5.41) is 0.164. The number of nitrogens with two attached hydrogens (primary N) is 1. The van der Waals surface area contributed by atoms with Crippen LogP contribution in [0, 0.1) is 11.7 Å². The molecule has 1 heterocycles. The lowest BCUT2D eigenvalue weighted by Gasteiger charge is -2.31. The first-order valence-electron chi connectivity index (χ1n) is 6.43. The van der Waals surface area contributed by atoms with Crippen molar-refractivity contribution in [1.29, 1.82) is 0 Å². The van der Waals surface area contributed by atoms with Gasteiger partial charge in [0.1, 0.15) is 5.82 Å². The molecule has 1 aliphatic rings. The Morgan fingerprint density at radius 3 is 2.72 bits per heavy atom. The Kier molecular flexibility index (Phi) is 4.25. The molecule has 2 nitrogen and oxygen atoms in total. The van der Waals surface area contributed by atoms with Crippen molar-refractivity contribution in [1.82, 2.24) is 4.90 Å². The third-order valence-corrected chi connectivity index (χ3v) is 4.09.